The lowest BCUT2D eigenvalue weighted by Crippen LogP contribution is -2.36. The van der Waals surface area contributed by atoms with E-state index < -0.39 is 16.0 Å². The van der Waals surface area contributed by atoms with Crippen molar-refractivity contribution in [3.63, 3.8) is 0 Å². The van der Waals surface area contributed by atoms with Gasteiger partial charge in [-0.15, -0.1) is 11.3 Å². The molecule has 2 N–H and O–H groups in total. The minimum atomic E-state index is -3.66. The summed E-state index contributed by atoms with van der Waals surface area (Å²) < 4.78 is 27.0. The zero-order chi connectivity index (χ0) is 14.8. The second-order valence-corrected chi connectivity index (χ2v) is 7.57. The highest BCUT2D eigenvalue weighted by atomic mass is 32.2. The van der Waals surface area contributed by atoms with Gasteiger partial charge in [0.15, 0.2) is 0 Å². The summed E-state index contributed by atoms with van der Waals surface area (Å²) in [5.74, 6) is -0.891. The number of aromatic carboxylic acids is 1. The highest BCUT2D eigenvalue weighted by molar-refractivity contribution is 7.89. The van der Waals surface area contributed by atoms with Gasteiger partial charge in [0.25, 0.3) is 0 Å². The molecule has 0 aromatic carbocycles. The van der Waals surface area contributed by atoms with Crippen molar-refractivity contribution in [3.05, 3.63) is 15.8 Å². The first-order valence-corrected chi connectivity index (χ1v) is 8.35. The van der Waals surface area contributed by atoms with Crippen LogP contribution in [0, 0.1) is 12.8 Å². The Kier molecular flexibility index (Phi) is 5.11. The molecular formula is C12H19NO4S2. The molecule has 0 aliphatic carbocycles. The fourth-order valence-corrected chi connectivity index (χ4v) is 4.40. The van der Waals surface area contributed by atoms with E-state index in [1.807, 2.05) is 20.8 Å². The van der Waals surface area contributed by atoms with Crippen LogP contribution in [0.3, 0.4) is 0 Å². The molecular weight excluding hydrogens is 286 g/mol. The van der Waals surface area contributed by atoms with Crippen molar-refractivity contribution in [2.75, 3.05) is 0 Å². The maximum atomic E-state index is 12.2. The van der Waals surface area contributed by atoms with E-state index in [1.54, 1.807) is 6.92 Å². The number of rotatable bonds is 6. The van der Waals surface area contributed by atoms with Crippen molar-refractivity contribution in [1.82, 2.24) is 4.72 Å². The van der Waals surface area contributed by atoms with Gasteiger partial charge in [-0.05, 0) is 25.8 Å². The van der Waals surface area contributed by atoms with Gasteiger partial charge >= 0.3 is 5.97 Å². The molecule has 2 atom stereocenters. The fraction of sp³-hybridized carbons (Fsp3) is 0.583. The molecule has 0 aliphatic rings. The average molecular weight is 305 g/mol. The number of hydrogen-bond donors (Lipinski definition) is 2. The minimum Gasteiger partial charge on any atom is -0.477 e. The van der Waals surface area contributed by atoms with Crippen LogP contribution in [0.25, 0.3) is 0 Å². The highest BCUT2D eigenvalue weighted by Gasteiger charge is 2.25. The van der Waals surface area contributed by atoms with E-state index in [0.717, 1.165) is 17.8 Å². The summed E-state index contributed by atoms with van der Waals surface area (Å²) in [5.41, 5.74) is 0. The van der Waals surface area contributed by atoms with E-state index in [1.165, 1.54) is 6.07 Å². The van der Waals surface area contributed by atoms with Crippen molar-refractivity contribution in [2.24, 2.45) is 5.92 Å². The number of hydrogen-bond acceptors (Lipinski definition) is 4. The summed E-state index contributed by atoms with van der Waals surface area (Å²) in [4.78, 5) is 11.4. The molecule has 0 fully saturated rings. The van der Waals surface area contributed by atoms with Crippen LogP contribution in [0.1, 0.15) is 41.7 Å². The lowest BCUT2D eigenvalue weighted by molar-refractivity contribution is 0.0702. The molecule has 1 heterocycles. The molecule has 0 saturated heterocycles. The summed E-state index contributed by atoms with van der Waals surface area (Å²) in [6, 6.07) is 1.02. The van der Waals surface area contributed by atoms with Gasteiger partial charge < -0.3 is 5.11 Å². The molecule has 7 heteroatoms. The topological polar surface area (TPSA) is 83.5 Å². The lowest BCUT2D eigenvalue weighted by Gasteiger charge is -2.19. The molecule has 0 radical (unpaired) electrons. The van der Waals surface area contributed by atoms with Gasteiger partial charge in [0.2, 0.25) is 10.0 Å². The summed E-state index contributed by atoms with van der Waals surface area (Å²) in [7, 11) is -3.66. The van der Waals surface area contributed by atoms with Crippen molar-refractivity contribution in [1.29, 1.82) is 0 Å². The highest BCUT2D eigenvalue weighted by Crippen LogP contribution is 2.26. The smallest absolute Gasteiger partial charge is 0.345 e. The van der Waals surface area contributed by atoms with Crippen LogP contribution in [0.4, 0.5) is 0 Å². The van der Waals surface area contributed by atoms with Crippen molar-refractivity contribution in [3.8, 4) is 0 Å². The van der Waals surface area contributed by atoms with Crippen LogP contribution in [-0.4, -0.2) is 25.5 Å². The van der Waals surface area contributed by atoms with Gasteiger partial charge in [0, 0.05) is 10.9 Å². The number of carboxylic acids is 1. The Morgan fingerprint density at radius 2 is 2.05 bits per heavy atom. The Bertz CT molecular complexity index is 562. The fourth-order valence-electron chi connectivity index (χ4n) is 1.62. The van der Waals surface area contributed by atoms with Crippen LogP contribution in [-0.2, 0) is 10.0 Å². The van der Waals surface area contributed by atoms with Crippen molar-refractivity contribution >= 4 is 27.3 Å². The van der Waals surface area contributed by atoms with Crippen LogP contribution < -0.4 is 4.72 Å². The second-order valence-electron chi connectivity index (χ2n) is 4.63. The van der Waals surface area contributed by atoms with Crippen LogP contribution in [0.2, 0.25) is 0 Å². The molecule has 0 bridgehead atoms. The van der Waals surface area contributed by atoms with E-state index in [2.05, 4.69) is 4.72 Å². The molecule has 0 spiro atoms. The van der Waals surface area contributed by atoms with Gasteiger partial charge in [-0.3, -0.25) is 0 Å². The number of aryl methyl sites for hydroxylation is 1. The third-order valence-corrected chi connectivity index (χ3v) is 6.06. The van der Waals surface area contributed by atoms with E-state index >= 15 is 0 Å². The number of nitrogens with one attached hydrogen (secondary N) is 1. The normalized spacial score (nSPS) is 15.2. The predicted octanol–water partition coefficient (Wildman–Crippen LogP) is 2.47. The van der Waals surface area contributed by atoms with E-state index in [-0.39, 0.29) is 21.7 Å². The zero-order valence-electron chi connectivity index (χ0n) is 11.4. The predicted molar refractivity (Wildman–Crippen MR) is 75.3 cm³/mol. The maximum absolute atomic E-state index is 12.2. The monoisotopic (exact) mass is 305 g/mol. The number of carbonyl (C=O) groups is 1. The molecule has 1 rings (SSSR count). The quantitative estimate of drug-likeness (QED) is 0.845. The van der Waals surface area contributed by atoms with Crippen LogP contribution >= 0.6 is 11.3 Å². The van der Waals surface area contributed by atoms with Gasteiger partial charge in [-0.25, -0.2) is 17.9 Å². The summed E-state index contributed by atoms with van der Waals surface area (Å²) >= 11 is 0.972. The van der Waals surface area contributed by atoms with Crippen molar-refractivity contribution in [2.45, 2.75) is 45.1 Å². The Morgan fingerprint density at radius 1 is 1.47 bits per heavy atom. The molecule has 1 aromatic rings. The molecule has 0 aliphatic heterocycles. The second kappa shape index (κ2) is 6.02. The Labute approximate surface area is 117 Å². The van der Waals surface area contributed by atoms with E-state index in [0.29, 0.717) is 4.88 Å². The van der Waals surface area contributed by atoms with Gasteiger partial charge in [0.1, 0.15) is 4.88 Å². The molecule has 108 valence electrons. The van der Waals surface area contributed by atoms with Crippen LogP contribution in [0.15, 0.2) is 11.0 Å². The zero-order valence-corrected chi connectivity index (χ0v) is 13.1. The molecule has 19 heavy (non-hydrogen) atoms. The summed E-state index contributed by atoms with van der Waals surface area (Å²) in [6.45, 7) is 7.38. The van der Waals surface area contributed by atoms with Gasteiger partial charge in [-0.2, -0.15) is 0 Å². The number of carboxylic acid groups (broad SMARTS) is 1. The molecule has 1 aromatic heterocycles. The van der Waals surface area contributed by atoms with E-state index in [4.69, 9.17) is 5.11 Å². The summed E-state index contributed by atoms with van der Waals surface area (Å²) in [5, 5.41) is 8.89. The standard InChI is InChI=1S/C12H19NO4S2/c1-5-7(2)8(3)13-19(16,17)11-6-10(12(14)15)18-9(11)4/h6-8,13H,5H2,1-4H3,(H,14,15). The molecule has 5 nitrogen and oxygen atoms in total. The number of thiophene rings is 1. The lowest BCUT2D eigenvalue weighted by atomic mass is 10.0. The first-order valence-electron chi connectivity index (χ1n) is 6.05. The Morgan fingerprint density at radius 3 is 2.47 bits per heavy atom. The molecule has 0 amide bonds. The summed E-state index contributed by atoms with van der Waals surface area (Å²) in [6.07, 6.45) is 0.868. The first-order chi connectivity index (χ1) is 8.69. The van der Waals surface area contributed by atoms with E-state index in [9.17, 15) is 13.2 Å². The van der Waals surface area contributed by atoms with Gasteiger partial charge in [0.05, 0.1) is 4.90 Å². The molecule has 2 unspecified atom stereocenters. The third-order valence-electron chi connectivity index (χ3n) is 3.21. The minimum absolute atomic E-state index is 0.0362. The molecule has 0 saturated carbocycles. The van der Waals surface area contributed by atoms with Gasteiger partial charge in [-0.1, -0.05) is 20.3 Å². The van der Waals surface area contributed by atoms with Crippen molar-refractivity contribution < 1.29 is 18.3 Å². The SMILES string of the molecule is CCC(C)C(C)NS(=O)(=O)c1cc(C(=O)O)sc1C. The number of sulfonamides is 1. The van der Waals surface area contributed by atoms with Crippen LogP contribution in [0.5, 0.6) is 0 Å². The maximum Gasteiger partial charge on any atom is 0.345 e. The third kappa shape index (κ3) is 3.77. The Balaban J connectivity index is 3.04. The average Bonchev–Trinajstić information content (AvgIpc) is 2.70. The Hall–Kier alpha value is -0.920. The largest absolute Gasteiger partial charge is 0.477 e. The first kappa shape index (κ1) is 16.1.